The molecule has 35 heavy (non-hydrogen) atoms. The van der Waals surface area contributed by atoms with Gasteiger partial charge >= 0.3 is 0 Å². The first-order chi connectivity index (χ1) is 16.9. The zero-order valence-electron chi connectivity index (χ0n) is 21.0. The van der Waals surface area contributed by atoms with Crippen LogP contribution in [0.2, 0.25) is 0 Å². The minimum absolute atomic E-state index is 0.309. The summed E-state index contributed by atoms with van der Waals surface area (Å²) in [5.41, 5.74) is 7.71. The molecular weight excluding hydrogens is 466 g/mol. The van der Waals surface area contributed by atoms with E-state index in [1.54, 1.807) is 12.5 Å². The van der Waals surface area contributed by atoms with Crippen molar-refractivity contribution in [1.82, 2.24) is 0 Å². The van der Waals surface area contributed by atoms with Crippen molar-refractivity contribution in [1.29, 1.82) is 0 Å². The van der Waals surface area contributed by atoms with E-state index in [2.05, 4.69) is 101 Å². The van der Waals surface area contributed by atoms with Crippen molar-refractivity contribution in [2.24, 2.45) is 5.92 Å². The van der Waals surface area contributed by atoms with Gasteiger partial charge in [-0.25, -0.2) is 0 Å². The number of benzene rings is 2. The molecular formula is C31H32O2P2. The van der Waals surface area contributed by atoms with Gasteiger partial charge in [0.25, 0.3) is 0 Å². The van der Waals surface area contributed by atoms with E-state index in [9.17, 15) is 0 Å². The van der Waals surface area contributed by atoms with E-state index in [0.29, 0.717) is 11.6 Å². The molecule has 1 aliphatic carbocycles. The van der Waals surface area contributed by atoms with E-state index in [1.807, 2.05) is 12.1 Å². The molecule has 0 N–H and O–H groups in total. The molecule has 1 aliphatic rings. The fourth-order valence-corrected chi connectivity index (χ4v) is 10.9. The van der Waals surface area contributed by atoms with E-state index in [-0.39, 0.29) is 0 Å². The Bertz CT molecular complexity index is 1240. The van der Waals surface area contributed by atoms with Crippen LogP contribution in [0.4, 0.5) is 0 Å². The lowest BCUT2D eigenvalue weighted by molar-refractivity contribution is 0.592. The standard InChI is InChI=1S/C31H32O2P2/c1-21-15-22(2)18-26(17-21)34(27-19-23(3)16-24(4)20-27)25(5)28-9-6-10-29(28)35(30-11-7-13-32-30)31-12-8-14-33-31/h6-20,25,28H,1-5H3/t25-,28?/m0/s1. The van der Waals surface area contributed by atoms with Crippen LogP contribution in [-0.2, 0) is 0 Å². The summed E-state index contributed by atoms with van der Waals surface area (Å²) in [6.07, 6.45) is 10.5. The van der Waals surface area contributed by atoms with Gasteiger partial charge in [0.1, 0.15) is 11.0 Å². The second-order valence-corrected chi connectivity index (χ2v) is 14.2. The molecule has 0 saturated heterocycles. The van der Waals surface area contributed by atoms with Crippen LogP contribution in [-0.4, -0.2) is 5.66 Å². The first kappa shape index (κ1) is 24.1. The Labute approximate surface area is 211 Å². The normalized spacial score (nSPS) is 16.3. The Hall–Kier alpha value is -2.66. The Kier molecular flexibility index (Phi) is 6.97. The van der Waals surface area contributed by atoms with Crippen molar-refractivity contribution in [2.45, 2.75) is 40.3 Å². The molecule has 0 saturated carbocycles. The van der Waals surface area contributed by atoms with Gasteiger partial charge < -0.3 is 8.83 Å². The van der Waals surface area contributed by atoms with E-state index in [1.165, 1.54) is 38.2 Å². The molecule has 0 amide bonds. The average molecular weight is 499 g/mol. The number of rotatable bonds is 7. The van der Waals surface area contributed by atoms with Crippen LogP contribution in [0.5, 0.6) is 0 Å². The Morgan fingerprint density at radius 1 is 0.714 bits per heavy atom. The van der Waals surface area contributed by atoms with E-state index < -0.39 is 15.8 Å². The zero-order chi connectivity index (χ0) is 24.5. The maximum Gasteiger partial charge on any atom is 0.137 e. The van der Waals surface area contributed by atoms with Gasteiger partial charge in [-0.05, 0) is 81.5 Å². The van der Waals surface area contributed by atoms with Crippen molar-refractivity contribution >= 4 is 37.5 Å². The van der Waals surface area contributed by atoms with Crippen LogP contribution >= 0.6 is 15.8 Å². The third-order valence-corrected chi connectivity index (χ3v) is 11.7. The molecule has 2 atom stereocenters. The van der Waals surface area contributed by atoms with Crippen LogP contribution in [0.1, 0.15) is 29.2 Å². The Balaban J connectivity index is 1.60. The first-order valence-corrected chi connectivity index (χ1v) is 14.9. The smallest absolute Gasteiger partial charge is 0.137 e. The van der Waals surface area contributed by atoms with Crippen LogP contribution in [0.15, 0.2) is 106 Å². The predicted molar refractivity (Wildman–Crippen MR) is 152 cm³/mol. The summed E-state index contributed by atoms with van der Waals surface area (Å²) in [6, 6.07) is 22.3. The van der Waals surface area contributed by atoms with Crippen molar-refractivity contribution in [3.05, 3.63) is 119 Å². The molecule has 5 rings (SSSR count). The maximum absolute atomic E-state index is 5.96. The maximum atomic E-state index is 5.96. The summed E-state index contributed by atoms with van der Waals surface area (Å²) in [4.78, 5) is 0. The van der Waals surface area contributed by atoms with E-state index in [4.69, 9.17) is 8.83 Å². The lowest BCUT2D eigenvalue weighted by Crippen LogP contribution is -2.27. The van der Waals surface area contributed by atoms with Gasteiger partial charge in [-0.3, -0.25) is 0 Å². The Morgan fingerprint density at radius 2 is 1.20 bits per heavy atom. The number of hydrogen-bond donors (Lipinski definition) is 0. The van der Waals surface area contributed by atoms with Crippen LogP contribution in [0.3, 0.4) is 0 Å². The van der Waals surface area contributed by atoms with Crippen molar-refractivity contribution in [3.8, 4) is 0 Å². The highest BCUT2D eigenvalue weighted by Gasteiger charge is 2.36. The fourth-order valence-electron chi connectivity index (χ4n) is 5.23. The molecule has 4 aromatic rings. The third kappa shape index (κ3) is 5.02. The van der Waals surface area contributed by atoms with Crippen LogP contribution in [0, 0.1) is 33.6 Å². The van der Waals surface area contributed by atoms with E-state index in [0.717, 1.165) is 11.0 Å². The molecule has 2 nitrogen and oxygen atoms in total. The van der Waals surface area contributed by atoms with E-state index >= 15 is 0 Å². The Morgan fingerprint density at radius 3 is 1.63 bits per heavy atom. The molecule has 4 heteroatoms. The highest BCUT2D eigenvalue weighted by Crippen LogP contribution is 2.55. The number of furan rings is 2. The summed E-state index contributed by atoms with van der Waals surface area (Å²) in [5.74, 6) is 0.309. The number of aryl methyl sites for hydroxylation is 4. The predicted octanol–water partition coefficient (Wildman–Crippen LogP) is 7.13. The second-order valence-electron chi connectivity index (χ2n) is 9.54. The summed E-state index contributed by atoms with van der Waals surface area (Å²) >= 11 is 0. The zero-order valence-corrected chi connectivity index (χ0v) is 22.8. The molecule has 178 valence electrons. The molecule has 0 spiro atoms. The molecule has 2 heterocycles. The second kappa shape index (κ2) is 10.1. The van der Waals surface area contributed by atoms with Crippen molar-refractivity contribution in [2.75, 3.05) is 0 Å². The number of hydrogen-bond acceptors (Lipinski definition) is 2. The molecule has 0 aliphatic heterocycles. The third-order valence-electron chi connectivity index (χ3n) is 6.53. The average Bonchev–Trinajstić information content (AvgIpc) is 3.57. The van der Waals surface area contributed by atoms with Gasteiger partial charge in [-0.1, -0.05) is 83.8 Å². The van der Waals surface area contributed by atoms with Crippen molar-refractivity contribution < 1.29 is 8.83 Å². The van der Waals surface area contributed by atoms with Crippen LogP contribution < -0.4 is 21.6 Å². The molecule has 0 bridgehead atoms. The minimum atomic E-state index is -0.862. The fraction of sp³-hybridized carbons (Fsp3) is 0.226. The molecule has 0 fully saturated rings. The summed E-state index contributed by atoms with van der Waals surface area (Å²) in [6.45, 7) is 11.3. The van der Waals surface area contributed by atoms with Gasteiger partial charge in [-0.15, -0.1) is 0 Å². The molecule has 1 unspecified atom stereocenters. The van der Waals surface area contributed by atoms with Gasteiger partial charge in [0.05, 0.1) is 20.4 Å². The highest BCUT2D eigenvalue weighted by atomic mass is 31.1. The minimum Gasteiger partial charge on any atom is -0.464 e. The molecule has 2 aromatic heterocycles. The quantitative estimate of drug-likeness (QED) is 0.253. The number of allylic oxidation sites excluding steroid dienone is 4. The molecule has 0 radical (unpaired) electrons. The lowest BCUT2D eigenvalue weighted by atomic mass is 10.1. The summed E-state index contributed by atoms with van der Waals surface area (Å²) in [5, 5.41) is 4.31. The lowest BCUT2D eigenvalue weighted by Gasteiger charge is -2.33. The van der Waals surface area contributed by atoms with Gasteiger partial charge in [0, 0.05) is 5.92 Å². The summed E-state index contributed by atoms with van der Waals surface area (Å²) < 4.78 is 11.9. The monoisotopic (exact) mass is 498 g/mol. The molecule has 2 aromatic carbocycles. The van der Waals surface area contributed by atoms with Gasteiger partial charge in [-0.2, -0.15) is 0 Å². The van der Waals surface area contributed by atoms with Crippen molar-refractivity contribution in [3.63, 3.8) is 0 Å². The first-order valence-electron chi connectivity index (χ1n) is 12.1. The summed E-state index contributed by atoms with van der Waals surface area (Å²) in [7, 11) is -1.46. The highest BCUT2D eigenvalue weighted by molar-refractivity contribution is 7.76. The SMILES string of the molecule is Cc1cc(C)cc(P(c2cc(C)cc(C)c2)[C@@H](C)C2C=CC=C2P(c2ccco2)c2ccco2)c1. The topological polar surface area (TPSA) is 26.3 Å². The van der Waals surface area contributed by atoms with Gasteiger partial charge in [0.2, 0.25) is 0 Å². The largest absolute Gasteiger partial charge is 0.464 e. The van der Waals surface area contributed by atoms with Crippen LogP contribution in [0.25, 0.3) is 0 Å². The van der Waals surface area contributed by atoms with Gasteiger partial charge in [0.15, 0.2) is 0 Å².